The third-order valence-electron chi connectivity index (χ3n) is 3.56. The molecule has 0 amide bonds. The Kier molecular flexibility index (Phi) is 3.98. The molecule has 1 aromatic rings. The number of nitrogens with one attached hydrogen (secondary N) is 1. The number of nitrogens with zero attached hydrogens (tertiary/aromatic N) is 1. The molecule has 1 aromatic heterocycles. The molecule has 0 aromatic carbocycles. The molecule has 0 bridgehead atoms. The topological polar surface area (TPSA) is 24.9 Å². The lowest BCUT2D eigenvalue weighted by atomic mass is 9.80. The van der Waals surface area contributed by atoms with Crippen LogP contribution in [0.1, 0.15) is 51.8 Å². The van der Waals surface area contributed by atoms with Gasteiger partial charge < -0.3 is 5.32 Å². The number of thiazole rings is 1. The van der Waals surface area contributed by atoms with Gasteiger partial charge in [0.25, 0.3) is 0 Å². The number of rotatable bonds is 3. The van der Waals surface area contributed by atoms with Crippen LogP contribution >= 0.6 is 11.3 Å². The standard InChI is InChI=1S/C13H22N2S/c1-9-4-10(2)6-12(5-9)15-11(3)13-7-16-8-14-13/h7-12,15H,4-6H2,1-3H3. The number of aromatic nitrogens is 1. The fraction of sp³-hybridized carbons (Fsp3) is 0.769. The summed E-state index contributed by atoms with van der Waals surface area (Å²) in [6.45, 7) is 6.97. The van der Waals surface area contributed by atoms with Crippen molar-refractivity contribution in [2.75, 3.05) is 0 Å². The Labute approximate surface area is 102 Å². The average molecular weight is 238 g/mol. The van der Waals surface area contributed by atoms with Gasteiger partial charge in [-0.1, -0.05) is 13.8 Å². The van der Waals surface area contributed by atoms with Crippen molar-refractivity contribution in [1.29, 1.82) is 0 Å². The third-order valence-corrected chi connectivity index (χ3v) is 4.16. The molecule has 1 aliphatic rings. The largest absolute Gasteiger partial charge is 0.306 e. The Balaban J connectivity index is 1.89. The first-order valence-corrected chi connectivity index (χ1v) is 7.23. The highest BCUT2D eigenvalue weighted by atomic mass is 32.1. The van der Waals surface area contributed by atoms with Gasteiger partial charge >= 0.3 is 0 Å². The summed E-state index contributed by atoms with van der Waals surface area (Å²) >= 11 is 1.68. The van der Waals surface area contributed by atoms with E-state index in [-0.39, 0.29) is 0 Å². The molecule has 90 valence electrons. The Morgan fingerprint density at radius 3 is 2.56 bits per heavy atom. The Bertz CT molecular complexity index is 300. The molecule has 2 rings (SSSR count). The summed E-state index contributed by atoms with van der Waals surface area (Å²) in [6.07, 6.45) is 4.03. The quantitative estimate of drug-likeness (QED) is 0.870. The molecule has 2 nitrogen and oxygen atoms in total. The van der Waals surface area contributed by atoms with Crippen LogP contribution in [0, 0.1) is 11.8 Å². The van der Waals surface area contributed by atoms with Crippen molar-refractivity contribution in [3.8, 4) is 0 Å². The lowest BCUT2D eigenvalue weighted by Gasteiger charge is -2.33. The van der Waals surface area contributed by atoms with Gasteiger partial charge in [0.15, 0.2) is 0 Å². The molecule has 1 aliphatic carbocycles. The van der Waals surface area contributed by atoms with Crippen LogP contribution < -0.4 is 5.32 Å². The molecule has 0 aliphatic heterocycles. The van der Waals surface area contributed by atoms with Crippen LogP contribution in [0.15, 0.2) is 10.9 Å². The molecule has 16 heavy (non-hydrogen) atoms. The molecule has 3 heteroatoms. The van der Waals surface area contributed by atoms with Crippen molar-refractivity contribution < 1.29 is 0 Å². The normalized spacial score (nSPS) is 32.6. The highest BCUT2D eigenvalue weighted by molar-refractivity contribution is 7.07. The minimum atomic E-state index is 0.397. The molecule has 1 heterocycles. The fourth-order valence-corrected chi connectivity index (χ4v) is 3.61. The van der Waals surface area contributed by atoms with Crippen molar-refractivity contribution in [2.24, 2.45) is 11.8 Å². The van der Waals surface area contributed by atoms with Gasteiger partial charge in [-0.3, -0.25) is 0 Å². The minimum Gasteiger partial charge on any atom is -0.306 e. The Hall–Kier alpha value is -0.410. The summed E-state index contributed by atoms with van der Waals surface area (Å²) < 4.78 is 0. The highest BCUT2D eigenvalue weighted by Gasteiger charge is 2.25. The molecule has 1 N–H and O–H groups in total. The second kappa shape index (κ2) is 5.28. The smallest absolute Gasteiger partial charge is 0.0795 e. The maximum absolute atomic E-state index is 4.38. The third kappa shape index (κ3) is 3.05. The molecule has 0 radical (unpaired) electrons. The van der Waals surface area contributed by atoms with Gasteiger partial charge in [0.1, 0.15) is 0 Å². The Morgan fingerprint density at radius 1 is 1.31 bits per heavy atom. The molecule has 0 spiro atoms. The molecular weight excluding hydrogens is 216 g/mol. The van der Waals surface area contributed by atoms with Crippen molar-refractivity contribution in [3.63, 3.8) is 0 Å². The monoisotopic (exact) mass is 238 g/mol. The van der Waals surface area contributed by atoms with Gasteiger partial charge in [-0.05, 0) is 38.0 Å². The van der Waals surface area contributed by atoms with Gasteiger partial charge in [0.2, 0.25) is 0 Å². The summed E-state index contributed by atoms with van der Waals surface area (Å²) in [7, 11) is 0. The zero-order valence-corrected chi connectivity index (χ0v) is 11.3. The van der Waals surface area contributed by atoms with Crippen LogP contribution in [0.25, 0.3) is 0 Å². The van der Waals surface area contributed by atoms with Crippen LogP contribution in [0.5, 0.6) is 0 Å². The van der Waals surface area contributed by atoms with E-state index in [4.69, 9.17) is 0 Å². The lowest BCUT2D eigenvalue weighted by molar-refractivity contribution is 0.228. The number of hydrogen-bond acceptors (Lipinski definition) is 3. The second-order valence-corrected chi connectivity index (χ2v) is 6.13. The second-order valence-electron chi connectivity index (χ2n) is 5.42. The zero-order valence-electron chi connectivity index (χ0n) is 10.4. The fourth-order valence-electron chi connectivity index (χ4n) is 2.96. The lowest BCUT2D eigenvalue weighted by Crippen LogP contribution is -2.37. The van der Waals surface area contributed by atoms with E-state index in [1.165, 1.54) is 25.0 Å². The van der Waals surface area contributed by atoms with E-state index >= 15 is 0 Å². The summed E-state index contributed by atoms with van der Waals surface area (Å²) in [6, 6.07) is 1.07. The Morgan fingerprint density at radius 2 is 2.00 bits per heavy atom. The van der Waals surface area contributed by atoms with Crippen LogP contribution in [0.3, 0.4) is 0 Å². The van der Waals surface area contributed by atoms with E-state index in [2.05, 4.69) is 36.5 Å². The summed E-state index contributed by atoms with van der Waals surface area (Å²) in [5, 5.41) is 5.87. The highest BCUT2D eigenvalue weighted by Crippen LogP contribution is 2.29. The summed E-state index contributed by atoms with van der Waals surface area (Å²) in [5.41, 5.74) is 3.11. The SMILES string of the molecule is CC1CC(C)CC(NC(C)c2cscn2)C1. The molecule has 0 saturated heterocycles. The average Bonchev–Trinajstić information content (AvgIpc) is 2.68. The molecular formula is C13H22N2S. The molecule has 3 atom stereocenters. The van der Waals surface area contributed by atoms with Crippen LogP contribution in [0.4, 0.5) is 0 Å². The zero-order chi connectivity index (χ0) is 11.5. The van der Waals surface area contributed by atoms with Crippen LogP contribution in [-0.2, 0) is 0 Å². The van der Waals surface area contributed by atoms with E-state index in [0.717, 1.165) is 11.8 Å². The van der Waals surface area contributed by atoms with E-state index in [0.29, 0.717) is 12.1 Å². The maximum atomic E-state index is 4.38. The van der Waals surface area contributed by atoms with Gasteiger partial charge in [-0.25, -0.2) is 4.98 Å². The predicted molar refractivity (Wildman–Crippen MR) is 69.6 cm³/mol. The molecule has 3 unspecified atom stereocenters. The first kappa shape index (κ1) is 12.1. The van der Waals surface area contributed by atoms with E-state index in [9.17, 15) is 0 Å². The minimum absolute atomic E-state index is 0.397. The van der Waals surface area contributed by atoms with E-state index in [1.54, 1.807) is 11.3 Å². The van der Waals surface area contributed by atoms with Crippen molar-refractivity contribution in [3.05, 3.63) is 16.6 Å². The number of hydrogen-bond donors (Lipinski definition) is 1. The van der Waals surface area contributed by atoms with Crippen LogP contribution in [0.2, 0.25) is 0 Å². The first-order chi connectivity index (χ1) is 7.65. The first-order valence-electron chi connectivity index (χ1n) is 6.29. The van der Waals surface area contributed by atoms with Gasteiger partial charge in [-0.2, -0.15) is 0 Å². The van der Waals surface area contributed by atoms with Crippen molar-refractivity contribution in [2.45, 2.75) is 52.1 Å². The van der Waals surface area contributed by atoms with Gasteiger partial charge in [-0.15, -0.1) is 11.3 Å². The van der Waals surface area contributed by atoms with Crippen molar-refractivity contribution in [1.82, 2.24) is 10.3 Å². The van der Waals surface area contributed by atoms with Gasteiger partial charge in [0.05, 0.1) is 11.2 Å². The molecule has 1 fully saturated rings. The maximum Gasteiger partial charge on any atom is 0.0795 e. The van der Waals surface area contributed by atoms with Crippen LogP contribution in [-0.4, -0.2) is 11.0 Å². The summed E-state index contributed by atoms with van der Waals surface area (Å²) in [5.74, 6) is 1.73. The summed E-state index contributed by atoms with van der Waals surface area (Å²) in [4.78, 5) is 4.38. The molecule has 1 saturated carbocycles. The van der Waals surface area contributed by atoms with Gasteiger partial charge in [0, 0.05) is 17.5 Å². The van der Waals surface area contributed by atoms with E-state index < -0.39 is 0 Å². The predicted octanol–water partition coefficient (Wildman–Crippen LogP) is 3.62. The van der Waals surface area contributed by atoms with E-state index in [1.807, 2.05) is 5.51 Å². The van der Waals surface area contributed by atoms with Crippen molar-refractivity contribution >= 4 is 11.3 Å².